The lowest BCUT2D eigenvalue weighted by Crippen LogP contribution is -2.12. The smallest absolute Gasteiger partial charge is 0.142 e. The summed E-state index contributed by atoms with van der Waals surface area (Å²) in [4.78, 5) is 0. The molecule has 0 saturated heterocycles. The lowest BCUT2D eigenvalue weighted by molar-refractivity contribution is 0.316. The summed E-state index contributed by atoms with van der Waals surface area (Å²) in [6.45, 7) is 0.780. The quantitative estimate of drug-likeness (QED) is 0.220. The molecule has 0 bridgehead atoms. The SMILES string of the molecule is COc1ccc(OC)c(NCCCCC(N)=NO)c1. The predicted octanol–water partition coefficient (Wildman–Crippen LogP) is 2.03. The van der Waals surface area contributed by atoms with E-state index in [0.717, 1.165) is 36.6 Å². The van der Waals surface area contributed by atoms with Crippen LogP contribution in [0.3, 0.4) is 0 Å². The zero-order valence-corrected chi connectivity index (χ0v) is 11.3. The molecule has 1 aromatic rings. The third-order valence-electron chi connectivity index (χ3n) is 2.71. The molecule has 0 amide bonds. The van der Waals surface area contributed by atoms with Crippen LogP contribution < -0.4 is 20.5 Å². The number of ether oxygens (including phenoxy) is 2. The van der Waals surface area contributed by atoms with Crippen molar-refractivity contribution in [2.45, 2.75) is 19.3 Å². The van der Waals surface area contributed by atoms with Crippen LogP contribution in [0.15, 0.2) is 23.4 Å². The first kappa shape index (κ1) is 14.9. The lowest BCUT2D eigenvalue weighted by Gasteiger charge is -2.12. The van der Waals surface area contributed by atoms with Crippen LogP contribution >= 0.6 is 0 Å². The van der Waals surface area contributed by atoms with Gasteiger partial charge in [0.1, 0.15) is 17.3 Å². The van der Waals surface area contributed by atoms with Crippen molar-refractivity contribution in [3.8, 4) is 11.5 Å². The Morgan fingerprint density at radius 3 is 2.74 bits per heavy atom. The Kier molecular flexibility index (Phi) is 6.35. The second-order valence-corrected chi connectivity index (χ2v) is 4.04. The van der Waals surface area contributed by atoms with Crippen LogP contribution in [0, 0.1) is 0 Å². The highest BCUT2D eigenvalue weighted by Gasteiger charge is 2.04. The number of methoxy groups -OCH3 is 2. The van der Waals surface area contributed by atoms with Gasteiger partial charge in [0, 0.05) is 19.0 Å². The molecule has 0 fully saturated rings. The predicted molar refractivity (Wildman–Crippen MR) is 75.3 cm³/mol. The van der Waals surface area contributed by atoms with Crippen molar-refractivity contribution < 1.29 is 14.7 Å². The fraction of sp³-hybridized carbons (Fsp3) is 0.462. The van der Waals surface area contributed by atoms with Crippen molar-refractivity contribution >= 4 is 11.5 Å². The van der Waals surface area contributed by atoms with Crippen LogP contribution in [0.1, 0.15) is 19.3 Å². The minimum Gasteiger partial charge on any atom is -0.497 e. The summed E-state index contributed by atoms with van der Waals surface area (Å²) in [5, 5.41) is 14.6. The first-order valence-corrected chi connectivity index (χ1v) is 6.13. The van der Waals surface area contributed by atoms with Gasteiger partial charge in [0.25, 0.3) is 0 Å². The molecule has 0 aliphatic rings. The van der Waals surface area contributed by atoms with Gasteiger partial charge in [-0.05, 0) is 25.0 Å². The van der Waals surface area contributed by atoms with Gasteiger partial charge in [0.2, 0.25) is 0 Å². The highest BCUT2D eigenvalue weighted by atomic mass is 16.5. The third kappa shape index (κ3) is 4.95. The van der Waals surface area contributed by atoms with Crippen LogP contribution in [0.2, 0.25) is 0 Å². The average Bonchev–Trinajstić information content (AvgIpc) is 2.46. The monoisotopic (exact) mass is 267 g/mol. The Morgan fingerprint density at radius 2 is 2.11 bits per heavy atom. The molecule has 6 heteroatoms. The molecule has 0 aliphatic heterocycles. The van der Waals surface area contributed by atoms with Crippen molar-refractivity contribution in [3.05, 3.63) is 18.2 Å². The maximum Gasteiger partial charge on any atom is 0.142 e. The van der Waals surface area contributed by atoms with E-state index in [9.17, 15) is 0 Å². The zero-order valence-electron chi connectivity index (χ0n) is 11.3. The molecule has 4 N–H and O–H groups in total. The second kappa shape index (κ2) is 8.07. The zero-order chi connectivity index (χ0) is 14.1. The van der Waals surface area contributed by atoms with Crippen LogP contribution in [0.25, 0.3) is 0 Å². The molecular weight excluding hydrogens is 246 g/mol. The van der Waals surface area contributed by atoms with E-state index in [2.05, 4.69) is 10.5 Å². The molecule has 6 nitrogen and oxygen atoms in total. The van der Waals surface area contributed by atoms with Gasteiger partial charge >= 0.3 is 0 Å². The van der Waals surface area contributed by atoms with E-state index in [1.807, 2.05) is 18.2 Å². The maximum atomic E-state index is 8.41. The summed E-state index contributed by atoms with van der Waals surface area (Å²) >= 11 is 0. The van der Waals surface area contributed by atoms with Gasteiger partial charge in [-0.25, -0.2) is 0 Å². The largest absolute Gasteiger partial charge is 0.497 e. The molecule has 1 aromatic carbocycles. The summed E-state index contributed by atoms with van der Waals surface area (Å²) in [6.07, 6.45) is 2.36. The van der Waals surface area contributed by atoms with Gasteiger partial charge in [0.05, 0.1) is 19.9 Å². The average molecular weight is 267 g/mol. The van der Waals surface area contributed by atoms with E-state index < -0.39 is 0 Å². The molecule has 0 unspecified atom stereocenters. The minimum atomic E-state index is 0.263. The van der Waals surface area contributed by atoms with Gasteiger partial charge in [-0.15, -0.1) is 0 Å². The molecule has 0 radical (unpaired) electrons. The Bertz CT molecular complexity index is 422. The summed E-state index contributed by atoms with van der Waals surface area (Å²) in [5.41, 5.74) is 6.29. The van der Waals surface area contributed by atoms with Gasteiger partial charge in [-0.3, -0.25) is 0 Å². The normalized spacial score (nSPS) is 11.2. The van der Waals surface area contributed by atoms with E-state index in [-0.39, 0.29) is 5.84 Å². The van der Waals surface area contributed by atoms with Crippen molar-refractivity contribution in [2.75, 3.05) is 26.1 Å². The molecule has 0 saturated carbocycles. The molecule has 1 rings (SSSR count). The summed E-state index contributed by atoms with van der Waals surface area (Å²) in [5.74, 6) is 1.82. The molecule has 0 spiro atoms. The molecule has 19 heavy (non-hydrogen) atoms. The standard InChI is InChI=1S/C13H21N3O3/c1-18-10-6-7-12(19-2)11(9-10)15-8-4-3-5-13(14)16-17/h6-7,9,15,17H,3-5,8H2,1-2H3,(H2,14,16). The molecule has 0 aromatic heterocycles. The number of amidine groups is 1. The van der Waals surface area contributed by atoms with Crippen molar-refractivity contribution in [1.29, 1.82) is 0 Å². The number of rotatable bonds is 8. The highest BCUT2D eigenvalue weighted by Crippen LogP contribution is 2.28. The Labute approximate surface area is 113 Å². The number of nitrogens with one attached hydrogen (secondary N) is 1. The first-order chi connectivity index (χ1) is 9.21. The molecular formula is C13H21N3O3. The van der Waals surface area contributed by atoms with Crippen LogP contribution in [0.4, 0.5) is 5.69 Å². The van der Waals surface area contributed by atoms with E-state index in [0.29, 0.717) is 6.42 Å². The highest BCUT2D eigenvalue weighted by molar-refractivity contribution is 5.79. The molecule has 0 heterocycles. The summed E-state index contributed by atoms with van der Waals surface area (Å²) in [6, 6.07) is 5.60. The van der Waals surface area contributed by atoms with Crippen molar-refractivity contribution in [1.82, 2.24) is 0 Å². The Balaban J connectivity index is 2.43. The Morgan fingerprint density at radius 1 is 1.32 bits per heavy atom. The van der Waals surface area contributed by atoms with Gasteiger partial charge in [-0.1, -0.05) is 5.16 Å². The van der Waals surface area contributed by atoms with E-state index in [1.54, 1.807) is 14.2 Å². The van der Waals surface area contributed by atoms with Gasteiger partial charge < -0.3 is 25.7 Å². The fourth-order valence-electron chi connectivity index (χ4n) is 1.66. The van der Waals surface area contributed by atoms with E-state index in [4.69, 9.17) is 20.4 Å². The number of hydrogen-bond acceptors (Lipinski definition) is 5. The number of nitrogens with two attached hydrogens (primary N) is 1. The molecule has 0 atom stereocenters. The number of unbranched alkanes of at least 4 members (excludes halogenated alkanes) is 1. The topological polar surface area (TPSA) is 89.1 Å². The molecule has 106 valence electrons. The van der Waals surface area contributed by atoms with E-state index >= 15 is 0 Å². The summed E-state index contributed by atoms with van der Waals surface area (Å²) < 4.78 is 10.4. The van der Waals surface area contributed by atoms with Gasteiger partial charge in [0.15, 0.2) is 0 Å². The molecule has 0 aliphatic carbocycles. The summed E-state index contributed by atoms with van der Waals surface area (Å²) in [7, 11) is 3.26. The van der Waals surface area contributed by atoms with Crippen LogP contribution in [-0.2, 0) is 0 Å². The van der Waals surface area contributed by atoms with Gasteiger partial charge in [-0.2, -0.15) is 0 Å². The first-order valence-electron chi connectivity index (χ1n) is 6.13. The lowest BCUT2D eigenvalue weighted by atomic mass is 10.2. The van der Waals surface area contributed by atoms with Crippen LogP contribution in [-0.4, -0.2) is 31.8 Å². The third-order valence-corrected chi connectivity index (χ3v) is 2.71. The second-order valence-electron chi connectivity index (χ2n) is 4.04. The number of oxime groups is 1. The number of anilines is 1. The van der Waals surface area contributed by atoms with E-state index in [1.165, 1.54) is 0 Å². The van der Waals surface area contributed by atoms with Crippen LogP contribution in [0.5, 0.6) is 11.5 Å². The number of hydrogen-bond donors (Lipinski definition) is 3. The maximum absolute atomic E-state index is 8.41. The van der Waals surface area contributed by atoms with Crippen molar-refractivity contribution in [2.24, 2.45) is 10.9 Å². The Hall–Kier alpha value is -2.11. The minimum absolute atomic E-state index is 0.263. The number of nitrogens with zero attached hydrogens (tertiary/aromatic N) is 1. The van der Waals surface area contributed by atoms with Crippen molar-refractivity contribution in [3.63, 3.8) is 0 Å². The number of benzene rings is 1. The fourth-order valence-corrected chi connectivity index (χ4v) is 1.66.